The molecule has 1 unspecified atom stereocenters. The van der Waals surface area contributed by atoms with E-state index < -0.39 is 5.41 Å². The zero-order valence-electron chi connectivity index (χ0n) is 28.2. The summed E-state index contributed by atoms with van der Waals surface area (Å²) in [6.07, 6.45) is 1.87. The van der Waals surface area contributed by atoms with Gasteiger partial charge in [-0.05, 0) is 93.5 Å². The van der Waals surface area contributed by atoms with Gasteiger partial charge in [-0.25, -0.2) is 0 Å². The maximum Gasteiger partial charge on any atom is 0.0745 e. The van der Waals surface area contributed by atoms with Crippen molar-refractivity contribution in [3.8, 4) is 33.5 Å². The van der Waals surface area contributed by atoms with Gasteiger partial charge in [0.15, 0.2) is 0 Å². The first-order valence-electron chi connectivity index (χ1n) is 17.5. The molecule has 2 aliphatic heterocycles. The van der Waals surface area contributed by atoms with Crippen molar-refractivity contribution in [3.05, 3.63) is 210 Å². The van der Waals surface area contributed by atoms with E-state index in [9.17, 15) is 0 Å². The summed E-state index contributed by atoms with van der Waals surface area (Å²) in [4.78, 5) is 9.82. The molecular weight excluding hydrogens is 669 g/mol. The Bertz CT molecular complexity index is 2590. The average Bonchev–Trinajstić information content (AvgIpc) is 3.21. The molecule has 1 aromatic heterocycles. The number of fused-ring (bicyclic) bond motifs is 8. The summed E-state index contributed by atoms with van der Waals surface area (Å²) in [6, 6.07) is 66.1. The van der Waals surface area contributed by atoms with Crippen LogP contribution in [0.5, 0.6) is 0 Å². The zero-order chi connectivity index (χ0) is 34.5. The van der Waals surface area contributed by atoms with Crippen molar-refractivity contribution in [2.75, 3.05) is 5.32 Å². The fraction of sp³-hybridized carbons (Fsp3) is 0.0208. The number of aromatic nitrogens is 1. The SMILES string of the molecule is c1ccc(Nc2cc(-c3ccc4c(c3)Sc3ccccc3C43c4ccccc4Sc4cc(-c5ccccn5)ccc43)ccc2-c2ccccc2)cc1. The van der Waals surface area contributed by atoms with Gasteiger partial charge in [0.05, 0.1) is 11.1 Å². The lowest BCUT2D eigenvalue weighted by Gasteiger charge is -2.45. The van der Waals surface area contributed by atoms with Crippen molar-refractivity contribution >= 4 is 34.9 Å². The average molecular weight is 701 g/mol. The quantitative estimate of drug-likeness (QED) is 0.193. The summed E-state index contributed by atoms with van der Waals surface area (Å²) in [5.41, 5.74) is 13.8. The van der Waals surface area contributed by atoms with Crippen molar-refractivity contribution in [1.29, 1.82) is 0 Å². The van der Waals surface area contributed by atoms with E-state index in [-0.39, 0.29) is 0 Å². The highest BCUT2D eigenvalue weighted by Crippen LogP contribution is 2.62. The maximum absolute atomic E-state index is 4.69. The van der Waals surface area contributed by atoms with Crippen LogP contribution in [-0.2, 0) is 5.41 Å². The number of para-hydroxylation sites is 1. The highest BCUT2D eigenvalue weighted by atomic mass is 32.2. The number of benzene rings is 7. The normalized spacial score (nSPS) is 15.2. The van der Waals surface area contributed by atoms with Gasteiger partial charge in [0.2, 0.25) is 0 Å². The van der Waals surface area contributed by atoms with E-state index in [0.717, 1.165) is 22.6 Å². The molecule has 0 aliphatic carbocycles. The van der Waals surface area contributed by atoms with Crippen LogP contribution in [0.4, 0.5) is 11.4 Å². The standard InChI is InChI=1S/C48H32N2S2/c1-3-13-32(14-4-1)37-25-22-33(29-43(37)50-36-15-5-2-6-16-36)34-23-26-40-46(30-34)51-44-20-9-7-17-38(44)48(40)39-18-8-10-21-45(39)52-47-31-35(24-27-41(47)48)42-19-11-12-28-49-42/h1-31,50H. The van der Waals surface area contributed by atoms with Crippen LogP contribution in [0.1, 0.15) is 22.3 Å². The molecule has 52 heavy (non-hydrogen) atoms. The summed E-state index contributed by atoms with van der Waals surface area (Å²) in [7, 11) is 0. The number of hydrogen-bond donors (Lipinski definition) is 1. The van der Waals surface area contributed by atoms with Crippen LogP contribution in [0, 0.1) is 0 Å². The van der Waals surface area contributed by atoms with Crippen molar-refractivity contribution in [1.82, 2.24) is 4.98 Å². The molecule has 0 saturated heterocycles. The monoisotopic (exact) mass is 700 g/mol. The van der Waals surface area contributed by atoms with Gasteiger partial charge in [-0.15, -0.1) is 0 Å². The molecule has 4 heteroatoms. The van der Waals surface area contributed by atoms with Crippen LogP contribution in [0.3, 0.4) is 0 Å². The summed E-state index contributed by atoms with van der Waals surface area (Å²) < 4.78 is 0. The van der Waals surface area contributed by atoms with E-state index in [2.05, 4.69) is 181 Å². The summed E-state index contributed by atoms with van der Waals surface area (Å²) in [6.45, 7) is 0. The Morgan fingerprint density at radius 2 is 0.942 bits per heavy atom. The molecule has 0 fully saturated rings. The zero-order valence-corrected chi connectivity index (χ0v) is 29.8. The van der Waals surface area contributed by atoms with E-state index in [1.165, 1.54) is 64.1 Å². The summed E-state index contributed by atoms with van der Waals surface area (Å²) >= 11 is 3.75. The lowest BCUT2D eigenvalue weighted by Crippen LogP contribution is -2.36. The second-order valence-electron chi connectivity index (χ2n) is 13.2. The Labute approximate surface area is 312 Å². The first kappa shape index (κ1) is 31.0. The van der Waals surface area contributed by atoms with Gasteiger partial charge >= 0.3 is 0 Å². The first-order valence-corrected chi connectivity index (χ1v) is 19.2. The molecule has 8 aromatic rings. The van der Waals surface area contributed by atoms with Gasteiger partial charge in [0.25, 0.3) is 0 Å². The lowest BCUT2D eigenvalue weighted by atomic mass is 9.64. The molecule has 3 heterocycles. The van der Waals surface area contributed by atoms with Crippen LogP contribution < -0.4 is 5.32 Å². The number of anilines is 2. The fourth-order valence-corrected chi connectivity index (χ4v) is 10.4. The van der Waals surface area contributed by atoms with Crippen LogP contribution in [-0.4, -0.2) is 4.98 Å². The molecule has 2 aliphatic rings. The highest BCUT2D eigenvalue weighted by molar-refractivity contribution is 8.00. The van der Waals surface area contributed by atoms with Gasteiger partial charge in [-0.2, -0.15) is 0 Å². The predicted octanol–water partition coefficient (Wildman–Crippen LogP) is 13.1. The van der Waals surface area contributed by atoms with E-state index in [1.807, 2.05) is 35.8 Å². The molecule has 0 bridgehead atoms. The van der Waals surface area contributed by atoms with Gasteiger partial charge < -0.3 is 5.32 Å². The van der Waals surface area contributed by atoms with Crippen LogP contribution in [0.2, 0.25) is 0 Å². The predicted molar refractivity (Wildman–Crippen MR) is 217 cm³/mol. The Hall–Kier alpha value is -5.81. The fourth-order valence-electron chi connectivity index (χ4n) is 7.92. The number of pyridine rings is 1. The third-order valence-corrected chi connectivity index (χ3v) is 12.5. The Morgan fingerprint density at radius 3 is 1.62 bits per heavy atom. The molecule has 10 rings (SSSR count). The van der Waals surface area contributed by atoms with Gasteiger partial charge in [0.1, 0.15) is 0 Å². The van der Waals surface area contributed by atoms with Crippen molar-refractivity contribution in [3.63, 3.8) is 0 Å². The largest absolute Gasteiger partial charge is 0.355 e. The van der Waals surface area contributed by atoms with Crippen LogP contribution >= 0.6 is 23.5 Å². The van der Waals surface area contributed by atoms with Gasteiger partial charge in [-0.3, -0.25) is 4.98 Å². The molecule has 0 radical (unpaired) electrons. The molecule has 246 valence electrons. The summed E-state index contributed by atoms with van der Waals surface area (Å²) in [5, 5.41) is 3.73. The topological polar surface area (TPSA) is 24.9 Å². The van der Waals surface area contributed by atoms with E-state index in [1.54, 1.807) is 0 Å². The van der Waals surface area contributed by atoms with Crippen molar-refractivity contribution in [2.24, 2.45) is 0 Å². The Kier molecular flexibility index (Phi) is 7.59. The molecule has 7 aromatic carbocycles. The van der Waals surface area contributed by atoms with E-state index in [4.69, 9.17) is 4.98 Å². The second-order valence-corrected chi connectivity index (χ2v) is 15.4. The van der Waals surface area contributed by atoms with Crippen molar-refractivity contribution < 1.29 is 0 Å². The number of nitrogens with zero attached hydrogens (tertiary/aromatic N) is 1. The third-order valence-electron chi connectivity index (χ3n) is 10.2. The molecule has 0 saturated carbocycles. The van der Waals surface area contributed by atoms with E-state index >= 15 is 0 Å². The molecular formula is C48H32N2S2. The maximum atomic E-state index is 4.69. The molecule has 0 amide bonds. The van der Waals surface area contributed by atoms with Crippen LogP contribution in [0.25, 0.3) is 33.5 Å². The highest BCUT2D eigenvalue weighted by Gasteiger charge is 2.48. The molecule has 1 atom stereocenters. The van der Waals surface area contributed by atoms with Crippen molar-refractivity contribution in [2.45, 2.75) is 25.0 Å². The molecule has 1 N–H and O–H groups in total. The smallest absolute Gasteiger partial charge is 0.0745 e. The van der Waals surface area contributed by atoms with Crippen LogP contribution in [0.15, 0.2) is 208 Å². The Balaban J connectivity index is 1.16. The Morgan fingerprint density at radius 1 is 0.404 bits per heavy atom. The molecule has 2 nitrogen and oxygen atoms in total. The summed E-state index contributed by atoms with van der Waals surface area (Å²) in [5.74, 6) is 0. The van der Waals surface area contributed by atoms with E-state index in [0.29, 0.717) is 0 Å². The minimum absolute atomic E-state index is 0.466. The number of rotatable bonds is 5. The second kappa shape index (κ2) is 12.8. The first-order chi connectivity index (χ1) is 25.8. The third kappa shape index (κ3) is 5.10. The number of nitrogens with one attached hydrogen (secondary N) is 1. The lowest BCUT2D eigenvalue weighted by molar-refractivity contribution is 0.667. The van der Waals surface area contributed by atoms with Gasteiger partial charge in [0, 0.05) is 48.3 Å². The number of hydrogen-bond acceptors (Lipinski definition) is 4. The van der Waals surface area contributed by atoms with Gasteiger partial charge in [-0.1, -0.05) is 151 Å². The minimum Gasteiger partial charge on any atom is -0.355 e. The molecule has 1 spiro atoms. The minimum atomic E-state index is -0.466.